The van der Waals surface area contributed by atoms with Crippen molar-refractivity contribution in [1.29, 1.82) is 0 Å². The van der Waals surface area contributed by atoms with E-state index in [9.17, 15) is 9.59 Å². The van der Waals surface area contributed by atoms with E-state index in [4.69, 9.17) is 0 Å². The predicted molar refractivity (Wildman–Crippen MR) is 151 cm³/mol. The quantitative estimate of drug-likeness (QED) is 0.233. The molecule has 5 aromatic rings. The van der Waals surface area contributed by atoms with Crippen LogP contribution in [0.1, 0.15) is 33.6 Å². The van der Waals surface area contributed by atoms with Gasteiger partial charge in [-0.1, -0.05) is 72.8 Å². The topological polar surface area (TPSA) is 116 Å². The highest BCUT2D eigenvalue weighted by Crippen LogP contribution is 2.26. The van der Waals surface area contributed by atoms with Crippen LogP contribution in [0.4, 0.5) is 23.3 Å². The standard InChI is InChI=1S/C30H28N6O2/c1-19-23(17-21-11-5-3-6-12-21)27(37)35-29(31-19)33-25-15-9-10-16-26(25)34-30-32-20(2)24(28(38)36-30)18-22-13-7-4-8-14-22/h3-16H,17-18H2,1-2H3,(H2,31,33,35,37)(H2,32,34,36,38). The average molecular weight is 505 g/mol. The number of nitrogens with zero attached hydrogens (tertiary/aromatic N) is 2. The molecule has 3 aromatic carbocycles. The lowest BCUT2D eigenvalue weighted by Crippen LogP contribution is -2.19. The minimum Gasteiger partial charge on any atom is -0.324 e. The summed E-state index contributed by atoms with van der Waals surface area (Å²) < 4.78 is 0. The second kappa shape index (κ2) is 11.0. The fourth-order valence-corrected chi connectivity index (χ4v) is 4.31. The van der Waals surface area contributed by atoms with E-state index in [1.54, 1.807) is 0 Å². The van der Waals surface area contributed by atoms with Gasteiger partial charge in [-0.25, -0.2) is 9.97 Å². The van der Waals surface area contributed by atoms with Gasteiger partial charge in [0.15, 0.2) is 0 Å². The van der Waals surface area contributed by atoms with Gasteiger partial charge in [0.1, 0.15) is 0 Å². The third-order valence-electron chi connectivity index (χ3n) is 6.33. The molecule has 2 aromatic heterocycles. The van der Waals surface area contributed by atoms with Gasteiger partial charge in [0.25, 0.3) is 11.1 Å². The molecule has 0 atom stereocenters. The molecule has 0 amide bonds. The first-order valence-electron chi connectivity index (χ1n) is 12.4. The van der Waals surface area contributed by atoms with Gasteiger partial charge in [-0.15, -0.1) is 0 Å². The molecule has 8 heteroatoms. The Morgan fingerprint density at radius 1 is 0.579 bits per heavy atom. The van der Waals surface area contributed by atoms with Crippen molar-refractivity contribution in [3.63, 3.8) is 0 Å². The van der Waals surface area contributed by atoms with Crippen molar-refractivity contribution in [2.24, 2.45) is 0 Å². The summed E-state index contributed by atoms with van der Waals surface area (Å²) in [6.45, 7) is 3.66. The van der Waals surface area contributed by atoms with Crippen LogP contribution in [0.3, 0.4) is 0 Å². The summed E-state index contributed by atoms with van der Waals surface area (Å²) in [7, 11) is 0. The lowest BCUT2D eigenvalue weighted by atomic mass is 10.1. The highest BCUT2D eigenvalue weighted by Gasteiger charge is 2.13. The van der Waals surface area contributed by atoms with Crippen molar-refractivity contribution < 1.29 is 0 Å². The smallest absolute Gasteiger partial charge is 0.256 e. The molecule has 0 aliphatic rings. The van der Waals surface area contributed by atoms with Crippen LogP contribution in [0.5, 0.6) is 0 Å². The lowest BCUT2D eigenvalue weighted by Gasteiger charge is -2.14. The molecule has 5 rings (SSSR count). The number of benzene rings is 3. The Morgan fingerprint density at radius 2 is 0.947 bits per heavy atom. The molecule has 0 fully saturated rings. The molecule has 0 aliphatic carbocycles. The van der Waals surface area contributed by atoms with E-state index < -0.39 is 0 Å². The molecule has 0 spiro atoms. The van der Waals surface area contributed by atoms with E-state index in [1.807, 2.05) is 98.8 Å². The Kier molecular flexibility index (Phi) is 7.13. The number of hydrogen-bond donors (Lipinski definition) is 4. The van der Waals surface area contributed by atoms with Crippen LogP contribution in [-0.2, 0) is 12.8 Å². The largest absolute Gasteiger partial charge is 0.324 e. The summed E-state index contributed by atoms with van der Waals surface area (Å²) in [5, 5.41) is 6.38. The van der Waals surface area contributed by atoms with Crippen molar-refractivity contribution in [2.45, 2.75) is 26.7 Å². The van der Waals surface area contributed by atoms with E-state index >= 15 is 0 Å². The number of rotatable bonds is 8. The van der Waals surface area contributed by atoms with Gasteiger partial charge < -0.3 is 10.6 Å². The van der Waals surface area contributed by atoms with E-state index in [1.165, 1.54) is 0 Å². The molecule has 0 saturated carbocycles. The fourth-order valence-electron chi connectivity index (χ4n) is 4.31. The third kappa shape index (κ3) is 5.70. The maximum Gasteiger partial charge on any atom is 0.256 e. The van der Waals surface area contributed by atoms with Crippen LogP contribution in [-0.4, -0.2) is 19.9 Å². The number of para-hydroxylation sites is 2. The number of H-pyrrole nitrogens is 2. The minimum atomic E-state index is -0.190. The number of aromatic amines is 2. The van der Waals surface area contributed by atoms with Crippen molar-refractivity contribution in [3.05, 3.63) is 139 Å². The summed E-state index contributed by atoms with van der Waals surface area (Å²) in [5.74, 6) is 0.656. The molecule has 190 valence electrons. The molecule has 0 radical (unpaired) electrons. The summed E-state index contributed by atoms with van der Waals surface area (Å²) >= 11 is 0. The third-order valence-corrected chi connectivity index (χ3v) is 6.33. The van der Waals surface area contributed by atoms with Crippen molar-refractivity contribution in [2.75, 3.05) is 10.6 Å². The van der Waals surface area contributed by atoms with Gasteiger partial charge in [-0.05, 0) is 37.1 Å². The molecule has 38 heavy (non-hydrogen) atoms. The number of anilines is 4. The van der Waals surface area contributed by atoms with Crippen LogP contribution in [0.15, 0.2) is 94.5 Å². The fraction of sp³-hybridized carbons (Fsp3) is 0.133. The van der Waals surface area contributed by atoms with E-state index in [2.05, 4.69) is 30.6 Å². The van der Waals surface area contributed by atoms with E-state index in [0.29, 0.717) is 58.6 Å². The van der Waals surface area contributed by atoms with Gasteiger partial charge in [0, 0.05) is 24.0 Å². The number of aromatic nitrogens is 4. The number of hydrogen-bond acceptors (Lipinski definition) is 6. The van der Waals surface area contributed by atoms with Gasteiger partial charge in [0.05, 0.1) is 22.8 Å². The molecule has 0 unspecified atom stereocenters. The molecular formula is C30H28N6O2. The Balaban J connectivity index is 1.37. The molecule has 0 aliphatic heterocycles. The zero-order valence-corrected chi connectivity index (χ0v) is 21.2. The van der Waals surface area contributed by atoms with Gasteiger partial charge in [-0.3, -0.25) is 19.6 Å². The van der Waals surface area contributed by atoms with Crippen LogP contribution in [0, 0.1) is 13.8 Å². The Bertz CT molecular complexity index is 1550. The summed E-state index contributed by atoms with van der Waals surface area (Å²) in [5.41, 5.74) is 5.60. The normalized spacial score (nSPS) is 10.8. The highest BCUT2D eigenvalue weighted by atomic mass is 16.1. The van der Waals surface area contributed by atoms with E-state index in [0.717, 1.165) is 11.1 Å². The Hall–Kier alpha value is -4.98. The highest BCUT2D eigenvalue weighted by molar-refractivity contribution is 5.75. The second-order valence-electron chi connectivity index (χ2n) is 9.08. The van der Waals surface area contributed by atoms with Gasteiger partial charge in [-0.2, -0.15) is 0 Å². The monoisotopic (exact) mass is 504 g/mol. The molecular weight excluding hydrogens is 476 g/mol. The Morgan fingerprint density at radius 3 is 1.32 bits per heavy atom. The maximum absolute atomic E-state index is 12.9. The Labute approximate surface area is 219 Å². The van der Waals surface area contributed by atoms with Crippen LogP contribution in [0.2, 0.25) is 0 Å². The molecule has 0 bridgehead atoms. The van der Waals surface area contributed by atoms with Crippen LogP contribution >= 0.6 is 0 Å². The lowest BCUT2D eigenvalue weighted by molar-refractivity contribution is 0.982. The van der Waals surface area contributed by atoms with Crippen LogP contribution < -0.4 is 21.8 Å². The predicted octanol–water partition coefficient (Wildman–Crippen LogP) is 5.14. The number of nitrogens with one attached hydrogen (secondary N) is 4. The zero-order valence-electron chi connectivity index (χ0n) is 21.2. The average Bonchev–Trinajstić information content (AvgIpc) is 2.91. The maximum atomic E-state index is 12.9. The first-order valence-corrected chi connectivity index (χ1v) is 12.4. The minimum absolute atomic E-state index is 0.190. The number of aryl methyl sites for hydroxylation is 2. The van der Waals surface area contributed by atoms with Crippen molar-refractivity contribution in [1.82, 2.24) is 19.9 Å². The zero-order chi connectivity index (χ0) is 26.5. The van der Waals surface area contributed by atoms with E-state index in [-0.39, 0.29) is 11.1 Å². The summed E-state index contributed by atoms with van der Waals surface area (Å²) in [6.07, 6.45) is 1.01. The summed E-state index contributed by atoms with van der Waals surface area (Å²) in [4.78, 5) is 40.6. The van der Waals surface area contributed by atoms with Crippen molar-refractivity contribution >= 4 is 23.3 Å². The van der Waals surface area contributed by atoms with Crippen LogP contribution in [0.25, 0.3) is 0 Å². The molecule has 8 nitrogen and oxygen atoms in total. The molecule has 2 heterocycles. The first-order chi connectivity index (χ1) is 18.5. The second-order valence-corrected chi connectivity index (χ2v) is 9.08. The van der Waals surface area contributed by atoms with Crippen molar-refractivity contribution in [3.8, 4) is 0 Å². The van der Waals surface area contributed by atoms with Gasteiger partial charge in [0.2, 0.25) is 11.9 Å². The molecule has 4 N–H and O–H groups in total. The van der Waals surface area contributed by atoms with Gasteiger partial charge >= 0.3 is 0 Å². The molecule has 0 saturated heterocycles. The summed E-state index contributed by atoms with van der Waals surface area (Å²) in [6, 6.07) is 27.1. The first kappa shape index (κ1) is 24.7. The SMILES string of the molecule is Cc1nc(Nc2ccccc2Nc2nc(C)c(Cc3ccccc3)c(=O)[nH]2)[nH]c(=O)c1Cc1ccccc1.